The fourth-order valence-electron chi connectivity index (χ4n) is 10.2. The normalized spacial score (nSPS) is 11.6. The Balaban J connectivity index is 1.10. The van der Waals surface area contributed by atoms with E-state index in [1.807, 2.05) is 23.5 Å². The SMILES string of the molecule is c1ccc(-c2ccc(N(c3ccc(-c4cccc(-c5ccco5)c4)cc3)c3ccc4c(c3)c3ccccc3c3ccccc3c3ccccc3c3cc5c(cc43)sc3ccccc35)cc2)cc1. The topological polar surface area (TPSA) is 16.4 Å². The quantitative estimate of drug-likeness (QED) is 0.166. The molecule has 0 aliphatic heterocycles. The van der Waals surface area contributed by atoms with Gasteiger partial charge >= 0.3 is 0 Å². The zero-order valence-corrected chi connectivity index (χ0v) is 37.3. The Kier molecular flexibility index (Phi) is 9.40. The first-order valence-electron chi connectivity index (χ1n) is 22.8. The Morgan fingerprint density at radius 1 is 0.254 bits per heavy atom. The summed E-state index contributed by atoms with van der Waals surface area (Å²) >= 11 is 1.87. The number of rotatable bonds is 6. The lowest BCUT2D eigenvalue weighted by Crippen LogP contribution is -2.09. The van der Waals surface area contributed by atoms with Crippen molar-refractivity contribution in [3.8, 4) is 33.6 Å². The van der Waals surface area contributed by atoms with Crippen molar-refractivity contribution in [2.24, 2.45) is 0 Å². The standard InChI is InChI=1S/C64H41NOS/c1-2-14-42(15-3-1)43-27-31-47(32-28-43)65(48-33-29-44(30-34-48)45-16-12-17-46(38-45)62-25-13-37-66-62)49-35-36-56-58(39-49)54-22-8-6-20-52(54)50-18-4-5-19-51(50)53-21-7-9-23-55(53)59-40-61-57-24-10-11-26-63(57)67-64(61)41-60(56)59/h1-41H. The Labute approximate surface area is 392 Å². The average molecular weight is 872 g/mol. The van der Waals surface area contributed by atoms with Crippen molar-refractivity contribution in [2.45, 2.75) is 0 Å². The molecule has 2 heterocycles. The number of hydrogen-bond donors (Lipinski definition) is 0. The van der Waals surface area contributed by atoms with Gasteiger partial charge in [0.05, 0.1) is 6.26 Å². The first-order chi connectivity index (χ1) is 33.2. The molecule has 314 valence electrons. The smallest absolute Gasteiger partial charge is 0.133 e. The number of nitrogens with zero attached hydrogens (tertiary/aromatic N) is 1. The van der Waals surface area contributed by atoms with Crippen molar-refractivity contribution in [3.05, 3.63) is 249 Å². The van der Waals surface area contributed by atoms with Crippen LogP contribution in [0.3, 0.4) is 0 Å². The van der Waals surface area contributed by atoms with Gasteiger partial charge < -0.3 is 9.32 Å². The van der Waals surface area contributed by atoms with E-state index in [0.717, 1.165) is 39.5 Å². The van der Waals surface area contributed by atoms with Gasteiger partial charge in [-0.3, -0.25) is 0 Å². The van der Waals surface area contributed by atoms with Crippen LogP contribution in [0.5, 0.6) is 0 Å². The van der Waals surface area contributed by atoms with Gasteiger partial charge in [0.25, 0.3) is 0 Å². The molecule has 0 unspecified atom stereocenters. The Hall–Kier alpha value is -8.50. The maximum Gasteiger partial charge on any atom is 0.133 e. The van der Waals surface area contributed by atoms with Gasteiger partial charge in [0.1, 0.15) is 5.76 Å². The monoisotopic (exact) mass is 871 g/mol. The minimum absolute atomic E-state index is 0.860. The molecule has 0 aliphatic carbocycles. The van der Waals surface area contributed by atoms with E-state index in [-0.39, 0.29) is 0 Å². The van der Waals surface area contributed by atoms with Crippen LogP contribution in [0.25, 0.3) is 108 Å². The van der Waals surface area contributed by atoms with E-state index >= 15 is 0 Å². The molecule has 0 saturated carbocycles. The van der Waals surface area contributed by atoms with Crippen molar-refractivity contribution in [3.63, 3.8) is 0 Å². The van der Waals surface area contributed by atoms with Crippen molar-refractivity contribution < 1.29 is 4.42 Å². The predicted molar refractivity (Wildman–Crippen MR) is 288 cm³/mol. The third-order valence-electron chi connectivity index (χ3n) is 13.4. The summed E-state index contributed by atoms with van der Waals surface area (Å²) in [5.41, 5.74) is 8.92. The summed E-state index contributed by atoms with van der Waals surface area (Å²) in [7, 11) is 0. The van der Waals surface area contributed by atoms with Crippen LogP contribution in [-0.4, -0.2) is 0 Å². The van der Waals surface area contributed by atoms with Crippen molar-refractivity contribution >= 4 is 102 Å². The van der Waals surface area contributed by atoms with E-state index in [2.05, 4.69) is 235 Å². The highest BCUT2D eigenvalue weighted by molar-refractivity contribution is 7.25. The second kappa shape index (κ2) is 16.2. The maximum atomic E-state index is 5.76. The molecule has 13 aromatic rings. The minimum Gasteiger partial charge on any atom is -0.464 e. The zero-order valence-electron chi connectivity index (χ0n) is 36.4. The maximum absolute atomic E-state index is 5.76. The molecule has 0 bridgehead atoms. The van der Waals surface area contributed by atoms with E-state index in [1.54, 1.807) is 6.26 Å². The average Bonchev–Trinajstić information content (AvgIpc) is 4.08. The number of furan rings is 1. The Morgan fingerprint density at radius 2 is 0.716 bits per heavy atom. The van der Waals surface area contributed by atoms with Crippen LogP contribution in [0.1, 0.15) is 0 Å². The molecule has 0 aliphatic rings. The lowest BCUT2D eigenvalue weighted by Gasteiger charge is -2.26. The van der Waals surface area contributed by atoms with Crippen LogP contribution in [0.2, 0.25) is 0 Å². The molecule has 0 N–H and O–H groups in total. The van der Waals surface area contributed by atoms with Crippen LogP contribution >= 0.6 is 11.3 Å². The van der Waals surface area contributed by atoms with Gasteiger partial charge in [0, 0.05) is 42.8 Å². The molecule has 3 heteroatoms. The van der Waals surface area contributed by atoms with Gasteiger partial charge in [-0.25, -0.2) is 0 Å². The lowest BCUT2D eigenvalue weighted by molar-refractivity contribution is 0.582. The van der Waals surface area contributed by atoms with Crippen molar-refractivity contribution in [1.29, 1.82) is 0 Å². The molecule has 0 atom stereocenters. The van der Waals surface area contributed by atoms with Crippen molar-refractivity contribution in [1.82, 2.24) is 0 Å². The van der Waals surface area contributed by atoms with E-state index in [1.165, 1.54) is 85.2 Å². The van der Waals surface area contributed by atoms with Crippen LogP contribution in [0.4, 0.5) is 17.1 Å². The fourth-order valence-corrected chi connectivity index (χ4v) is 11.3. The molecule has 0 fully saturated rings. The van der Waals surface area contributed by atoms with Gasteiger partial charge in [-0.05, 0) is 149 Å². The molecular weight excluding hydrogens is 831 g/mol. The molecule has 13 rings (SSSR count). The first kappa shape index (κ1) is 38.9. The highest BCUT2D eigenvalue weighted by atomic mass is 32.1. The van der Waals surface area contributed by atoms with Gasteiger partial charge in [0.2, 0.25) is 0 Å². The van der Waals surface area contributed by atoms with E-state index in [9.17, 15) is 0 Å². The lowest BCUT2D eigenvalue weighted by atomic mass is 9.93. The summed E-state index contributed by atoms with van der Waals surface area (Å²) in [4.78, 5) is 2.40. The highest BCUT2D eigenvalue weighted by Gasteiger charge is 2.17. The van der Waals surface area contributed by atoms with Gasteiger partial charge in [-0.2, -0.15) is 0 Å². The summed E-state index contributed by atoms with van der Waals surface area (Å²) in [6.07, 6.45) is 1.73. The van der Waals surface area contributed by atoms with Gasteiger partial charge in [-0.15, -0.1) is 11.3 Å². The first-order valence-corrected chi connectivity index (χ1v) is 23.6. The largest absolute Gasteiger partial charge is 0.464 e. The van der Waals surface area contributed by atoms with Crippen LogP contribution in [0.15, 0.2) is 253 Å². The number of benzene rings is 10. The molecule has 0 spiro atoms. The summed E-state index contributed by atoms with van der Waals surface area (Å²) < 4.78 is 8.35. The van der Waals surface area contributed by atoms with Gasteiger partial charge in [0.15, 0.2) is 0 Å². The number of fused-ring (bicyclic) bond motifs is 13. The van der Waals surface area contributed by atoms with Crippen LogP contribution in [-0.2, 0) is 0 Å². The van der Waals surface area contributed by atoms with Crippen LogP contribution < -0.4 is 4.90 Å². The summed E-state index contributed by atoms with van der Waals surface area (Å²) in [5.74, 6) is 0.860. The highest BCUT2D eigenvalue weighted by Crippen LogP contribution is 2.44. The Morgan fingerprint density at radius 3 is 1.33 bits per heavy atom. The summed E-state index contributed by atoms with van der Waals surface area (Å²) in [6.45, 7) is 0. The van der Waals surface area contributed by atoms with Crippen molar-refractivity contribution in [2.75, 3.05) is 4.90 Å². The second-order valence-electron chi connectivity index (χ2n) is 17.2. The van der Waals surface area contributed by atoms with Crippen LogP contribution in [0, 0.1) is 0 Å². The second-order valence-corrected chi connectivity index (χ2v) is 18.3. The number of thiophene rings is 1. The predicted octanol–water partition coefficient (Wildman–Crippen LogP) is 19.0. The molecule has 67 heavy (non-hydrogen) atoms. The van der Waals surface area contributed by atoms with E-state index in [0.29, 0.717) is 0 Å². The van der Waals surface area contributed by atoms with E-state index < -0.39 is 0 Å². The van der Waals surface area contributed by atoms with E-state index in [4.69, 9.17) is 4.42 Å². The minimum atomic E-state index is 0.860. The fraction of sp³-hybridized carbons (Fsp3) is 0. The third kappa shape index (κ3) is 6.79. The number of anilines is 3. The molecular formula is C64H41NOS. The molecule has 0 saturated heterocycles. The Bertz CT molecular complexity index is 4080. The molecule has 2 aromatic heterocycles. The summed E-state index contributed by atoms with van der Waals surface area (Å²) in [6, 6.07) is 88.8. The molecule has 0 radical (unpaired) electrons. The molecule has 0 amide bonds. The van der Waals surface area contributed by atoms with Gasteiger partial charge in [-0.1, -0.05) is 170 Å². The summed E-state index contributed by atoms with van der Waals surface area (Å²) in [5, 5.41) is 14.7. The molecule has 2 nitrogen and oxygen atoms in total. The molecule has 11 aromatic carbocycles. The third-order valence-corrected chi connectivity index (χ3v) is 14.5. The zero-order chi connectivity index (χ0) is 44.3. The number of hydrogen-bond acceptors (Lipinski definition) is 3.